The number of nitro groups is 1. The van der Waals surface area contributed by atoms with Crippen molar-refractivity contribution in [3.05, 3.63) is 39.9 Å². The number of hydrogen-bond acceptors (Lipinski definition) is 4. The van der Waals surface area contributed by atoms with Crippen molar-refractivity contribution in [3.8, 4) is 0 Å². The monoisotopic (exact) mass is 272 g/mol. The van der Waals surface area contributed by atoms with E-state index in [-0.39, 0.29) is 17.0 Å². The summed E-state index contributed by atoms with van der Waals surface area (Å²) in [6.07, 6.45) is 0. The molecule has 0 aliphatic heterocycles. The molecule has 0 fully saturated rings. The number of nitrogens with zero attached hydrogens (tertiary/aromatic N) is 2. The summed E-state index contributed by atoms with van der Waals surface area (Å²) < 4.78 is 25.4. The van der Waals surface area contributed by atoms with Gasteiger partial charge in [0.05, 0.1) is 10.7 Å². The Morgan fingerprint density at radius 2 is 1.78 bits per heavy atom. The maximum absolute atomic E-state index is 12.0. The number of para-hydroxylation sites is 1. The van der Waals surface area contributed by atoms with Crippen LogP contribution in [0.25, 0.3) is 0 Å². The first-order valence-electron chi connectivity index (χ1n) is 5.62. The molecule has 6 nitrogen and oxygen atoms in total. The summed E-state index contributed by atoms with van der Waals surface area (Å²) in [5.74, 6) is -0.341. The van der Waals surface area contributed by atoms with Crippen LogP contribution < -0.4 is 0 Å². The summed E-state index contributed by atoms with van der Waals surface area (Å²) in [5.41, 5.74) is 0.0580. The van der Waals surface area contributed by atoms with E-state index in [0.29, 0.717) is 13.1 Å². The molecule has 1 aromatic carbocycles. The van der Waals surface area contributed by atoms with E-state index in [2.05, 4.69) is 0 Å². The Bertz CT molecular complexity index is 524. The lowest BCUT2D eigenvalue weighted by Crippen LogP contribution is -2.31. The lowest BCUT2D eigenvalue weighted by atomic mass is 10.2. The summed E-state index contributed by atoms with van der Waals surface area (Å²) in [6.45, 7) is 4.19. The number of rotatable bonds is 6. The van der Waals surface area contributed by atoms with Crippen molar-refractivity contribution in [2.75, 3.05) is 13.1 Å². The van der Waals surface area contributed by atoms with Crippen molar-refractivity contribution in [2.45, 2.75) is 19.6 Å². The third kappa shape index (κ3) is 3.27. The van der Waals surface area contributed by atoms with E-state index < -0.39 is 14.9 Å². The van der Waals surface area contributed by atoms with E-state index in [4.69, 9.17) is 0 Å². The van der Waals surface area contributed by atoms with Gasteiger partial charge >= 0.3 is 0 Å². The van der Waals surface area contributed by atoms with Gasteiger partial charge in [-0.1, -0.05) is 32.0 Å². The molecule has 0 aliphatic rings. The fourth-order valence-corrected chi connectivity index (χ4v) is 3.32. The zero-order valence-corrected chi connectivity index (χ0v) is 11.2. The van der Waals surface area contributed by atoms with Crippen LogP contribution in [0.3, 0.4) is 0 Å². The zero-order valence-electron chi connectivity index (χ0n) is 10.4. The molecule has 0 amide bonds. The molecule has 0 radical (unpaired) electrons. The molecule has 0 spiro atoms. The summed E-state index contributed by atoms with van der Waals surface area (Å²) >= 11 is 0. The number of sulfonamides is 1. The van der Waals surface area contributed by atoms with Crippen molar-refractivity contribution in [3.63, 3.8) is 0 Å². The van der Waals surface area contributed by atoms with Crippen LogP contribution in [0.5, 0.6) is 0 Å². The second-order valence-electron chi connectivity index (χ2n) is 3.73. The molecule has 0 atom stereocenters. The quantitative estimate of drug-likeness (QED) is 0.584. The van der Waals surface area contributed by atoms with Gasteiger partial charge in [-0.2, -0.15) is 0 Å². The van der Waals surface area contributed by atoms with Crippen molar-refractivity contribution in [1.29, 1.82) is 0 Å². The first-order valence-corrected chi connectivity index (χ1v) is 7.23. The summed E-state index contributed by atoms with van der Waals surface area (Å²) in [5, 5.41) is 10.8. The highest BCUT2D eigenvalue weighted by Crippen LogP contribution is 2.21. The largest absolute Gasteiger partial charge is 0.273 e. The maximum atomic E-state index is 12.0. The topological polar surface area (TPSA) is 80.5 Å². The molecular formula is C11H16N2O4S. The van der Waals surface area contributed by atoms with E-state index in [1.165, 1.54) is 22.5 Å². The fraction of sp³-hybridized carbons (Fsp3) is 0.455. The van der Waals surface area contributed by atoms with Crippen LogP contribution in [0.4, 0.5) is 5.69 Å². The van der Waals surface area contributed by atoms with Crippen molar-refractivity contribution in [1.82, 2.24) is 4.31 Å². The third-order valence-electron chi connectivity index (χ3n) is 2.63. The van der Waals surface area contributed by atoms with Gasteiger partial charge in [0.1, 0.15) is 0 Å². The van der Waals surface area contributed by atoms with Crippen LogP contribution in [0.1, 0.15) is 19.4 Å². The highest BCUT2D eigenvalue weighted by Gasteiger charge is 2.23. The summed E-state index contributed by atoms with van der Waals surface area (Å²) in [6, 6.07) is 5.90. The Morgan fingerprint density at radius 1 is 1.22 bits per heavy atom. The molecular weight excluding hydrogens is 256 g/mol. The number of hydrogen-bond donors (Lipinski definition) is 0. The minimum Gasteiger partial charge on any atom is -0.258 e. The Kier molecular flexibility index (Phi) is 4.80. The molecule has 18 heavy (non-hydrogen) atoms. The normalized spacial score (nSPS) is 11.7. The second-order valence-corrected chi connectivity index (χ2v) is 5.70. The van der Waals surface area contributed by atoms with E-state index in [1.807, 2.05) is 0 Å². The molecule has 0 N–H and O–H groups in total. The van der Waals surface area contributed by atoms with Gasteiger partial charge in [0.25, 0.3) is 5.69 Å². The van der Waals surface area contributed by atoms with E-state index >= 15 is 0 Å². The van der Waals surface area contributed by atoms with Crippen LogP contribution in [-0.4, -0.2) is 30.7 Å². The Labute approximate surface area is 106 Å². The van der Waals surface area contributed by atoms with Gasteiger partial charge in [-0.25, -0.2) is 12.7 Å². The van der Waals surface area contributed by atoms with E-state index in [1.54, 1.807) is 19.9 Å². The Morgan fingerprint density at radius 3 is 2.28 bits per heavy atom. The average molecular weight is 272 g/mol. The molecule has 0 unspecified atom stereocenters. The van der Waals surface area contributed by atoms with E-state index in [0.717, 1.165) is 0 Å². The molecule has 0 aliphatic carbocycles. The van der Waals surface area contributed by atoms with Crippen LogP contribution in [0.2, 0.25) is 0 Å². The molecule has 7 heteroatoms. The van der Waals surface area contributed by atoms with Crippen molar-refractivity contribution < 1.29 is 13.3 Å². The number of benzene rings is 1. The van der Waals surface area contributed by atoms with Gasteiger partial charge in [-0.3, -0.25) is 10.1 Å². The smallest absolute Gasteiger partial charge is 0.258 e. The molecule has 1 aromatic rings. The minimum absolute atomic E-state index is 0.159. The van der Waals surface area contributed by atoms with Crippen LogP contribution in [0.15, 0.2) is 24.3 Å². The predicted octanol–water partition coefficient (Wildman–Crippen LogP) is 1.77. The van der Waals surface area contributed by atoms with Crippen molar-refractivity contribution in [2.24, 2.45) is 0 Å². The van der Waals surface area contributed by atoms with Crippen molar-refractivity contribution >= 4 is 15.7 Å². The van der Waals surface area contributed by atoms with Crippen LogP contribution in [-0.2, 0) is 15.8 Å². The SMILES string of the molecule is CCN(CC)S(=O)(=O)Cc1ccccc1[N+](=O)[O-]. The lowest BCUT2D eigenvalue weighted by Gasteiger charge is -2.18. The highest BCUT2D eigenvalue weighted by molar-refractivity contribution is 7.88. The van der Waals surface area contributed by atoms with Crippen LogP contribution >= 0.6 is 0 Å². The molecule has 0 bridgehead atoms. The molecule has 0 saturated heterocycles. The fourth-order valence-electron chi connectivity index (χ4n) is 1.72. The summed E-state index contributed by atoms with van der Waals surface area (Å²) in [4.78, 5) is 10.3. The average Bonchev–Trinajstić information content (AvgIpc) is 2.29. The Hall–Kier alpha value is -1.47. The molecule has 0 aromatic heterocycles. The Balaban J connectivity index is 3.08. The maximum Gasteiger partial charge on any atom is 0.273 e. The van der Waals surface area contributed by atoms with Gasteiger partial charge in [0.15, 0.2) is 0 Å². The van der Waals surface area contributed by atoms with Gasteiger partial charge in [0.2, 0.25) is 10.0 Å². The van der Waals surface area contributed by atoms with Gasteiger partial charge in [-0.05, 0) is 0 Å². The lowest BCUT2D eigenvalue weighted by molar-refractivity contribution is -0.385. The molecule has 100 valence electrons. The second kappa shape index (κ2) is 5.92. The highest BCUT2D eigenvalue weighted by atomic mass is 32.2. The molecule has 1 rings (SSSR count). The number of nitro benzene ring substituents is 1. The van der Waals surface area contributed by atoms with Gasteiger partial charge < -0.3 is 0 Å². The van der Waals surface area contributed by atoms with E-state index in [9.17, 15) is 18.5 Å². The molecule has 0 heterocycles. The minimum atomic E-state index is -3.50. The van der Waals surface area contributed by atoms with Gasteiger partial charge in [-0.15, -0.1) is 0 Å². The zero-order chi connectivity index (χ0) is 13.8. The van der Waals surface area contributed by atoms with Crippen LogP contribution in [0, 0.1) is 10.1 Å². The first-order chi connectivity index (χ1) is 8.42. The molecule has 0 saturated carbocycles. The standard InChI is InChI=1S/C11H16N2O4S/c1-3-12(4-2)18(16,17)9-10-7-5-6-8-11(10)13(14)15/h5-8H,3-4,9H2,1-2H3. The third-order valence-corrected chi connectivity index (χ3v) is 4.60. The predicted molar refractivity (Wildman–Crippen MR) is 68.6 cm³/mol. The summed E-state index contributed by atoms with van der Waals surface area (Å²) in [7, 11) is -3.50. The van der Waals surface area contributed by atoms with Gasteiger partial charge in [0, 0.05) is 24.7 Å². The first kappa shape index (κ1) is 14.6.